The van der Waals surface area contributed by atoms with E-state index in [2.05, 4.69) is 10.3 Å². The minimum Gasteiger partial charge on any atom is -0.475 e. The number of nitrogens with zero attached hydrogens (tertiary/aromatic N) is 1. The summed E-state index contributed by atoms with van der Waals surface area (Å²) in [4.78, 5) is 25.4. The average molecular weight is 400 g/mol. The Bertz CT molecular complexity index is 891. The maximum atomic E-state index is 14.2. The van der Waals surface area contributed by atoms with Crippen molar-refractivity contribution < 1.29 is 32.3 Å². The van der Waals surface area contributed by atoms with E-state index in [0.717, 1.165) is 0 Å². The highest BCUT2D eigenvalue weighted by Crippen LogP contribution is 2.39. The predicted octanol–water partition coefficient (Wildman–Crippen LogP) is 1.18. The number of carboxylic acid groups (broad SMARTS) is 1. The van der Waals surface area contributed by atoms with Gasteiger partial charge < -0.3 is 21.9 Å². The van der Waals surface area contributed by atoms with Gasteiger partial charge in [0, 0.05) is 35.4 Å². The lowest BCUT2D eigenvalue weighted by Gasteiger charge is -2.31. The fourth-order valence-corrected chi connectivity index (χ4v) is 2.80. The highest BCUT2D eigenvalue weighted by atomic mass is 19.4. The molecule has 2 heterocycles. The number of benzene rings is 1. The summed E-state index contributed by atoms with van der Waals surface area (Å²) >= 11 is 0. The number of alkyl halides is 3. The number of carbonyl (C=O) groups is 2. The Kier molecular flexibility index (Phi) is 6.19. The summed E-state index contributed by atoms with van der Waals surface area (Å²) < 4.78 is 45.9. The molecule has 7 nitrogen and oxygen atoms in total. The van der Waals surface area contributed by atoms with Gasteiger partial charge in [-0.3, -0.25) is 4.79 Å². The first-order valence-electron chi connectivity index (χ1n) is 7.85. The molecule has 2 aliphatic heterocycles. The lowest BCUT2D eigenvalue weighted by Crippen LogP contribution is -2.39. The molecular weight excluding hydrogens is 384 g/mol. The molecule has 0 amide bonds. The number of hydrogen-bond donors (Lipinski definition) is 4. The maximum absolute atomic E-state index is 14.2. The number of aliphatic carboxylic acids is 1. The van der Waals surface area contributed by atoms with Gasteiger partial charge in [-0.15, -0.1) is 0 Å². The zero-order valence-electron chi connectivity index (χ0n) is 14.3. The summed E-state index contributed by atoms with van der Waals surface area (Å²) in [5.41, 5.74) is 13.5. The second kappa shape index (κ2) is 8.21. The Hall–Kier alpha value is -3.21. The van der Waals surface area contributed by atoms with Gasteiger partial charge in [0.2, 0.25) is 0 Å². The normalized spacial score (nSPS) is 20.9. The van der Waals surface area contributed by atoms with Crippen molar-refractivity contribution in [1.29, 1.82) is 0 Å². The molecule has 0 radical (unpaired) electrons. The summed E-state index contributed by atoms with van der Waals surface area (Å²) in [6.07, 6.45) is -3.78. The van der Waals surface area contributed by atoms with Crippen molar-refractivity contribution >= 4 is 17.6 Å². The molecule has 28 heavy (non-hydrogen) atoms. The van der Waals surface area contributed by atoms with Gasteiger partial charge in [-0.25, -0.2) is 14.2 Å². The van der Waals surface area contributed by atoms with E-state index in [1.807, 2.05) is 0 Å². The van der Waals surface area contributed by atoms with E-state index in [1.165, 1.54) is 12.3 Å². The molecule has 1 unspecified atom stereocenters. The van der Waals surface area contributed by atoms with Crippen LogP contribution in [0.15, 0.2) is 52.3 Å². The fourth-order valence-electron chi connectivity index (χ4n) is 2.80. The average Bonchev–Trinajstić information content (AvgIpc) is 2.61. The molecule has 1 atom stereocenters. The molecule has 0 fully saturated rings. The zero-order valence-corrected chi connectivity index (χ0v) is 14.3. The quantitative estimate of drug-likeness (QED) is 0.524. The van der Waals surface area contributed by atoms with Crippen LogP contribution in [0.1, 0.15) is 11.5 Å². The van der Waals surface area contributed by atoms with Crippen molar-refractivity contribution in [3.05, 3.63) is 58.7 Å². The van der Waals surface area contributed by atoms with Crippen LogP contribution in [-0.4, -0.2) is 42.0 Å². The molecule has 150 valence electrons. The minimum atomic E-state index is -5.08. The second-order valence-electron chi connectivity index (χ2n) is 5.76. The Balaban J connectivity index is 0.000000345. The van der Waals surface area contributed by atoms with E-state index in [9.17, 15) is 22.4 Å². The van der Waals surface area contributed by atoms with Gasteiger partial charge in [0.15, 0.2) is 5.78 Å². The van der Waals surface area contributed by atoms with Crippen LogP contribution in [0.25, 0.3) is 0 Å². The largest absolute Gasteiger partial charge is 0.490 e. The topological polar surface area (TPSA) is 131 Å². The van der Waals surface area contributed by atoms with Crippen molar-refractivity contribution in [3.8, 4) is 0 Å². The number of Topliss-reactive ketones (excluding diaryl/α,β-unsaturated/α-hetero) is 1. The fraction of sp³-hybridized carbons (Fsp3) is 0.235. The van der Waals surface area contributed by atoms with Gasteiger partial charge in [-0.2, -0.15) is 13.2 Å². The second-order valence-corrected chi connectivity index (χ2v) is 5.76. The van der Waals surface area contributed by atoms with Crippen LogP contribution < -0.4 is 16.8 Å². The first-order valence-corrected chi connectivity index (χ1v) is 7.85. The number of aliphatic imine (C=N–C) groups is 1. The first-order chi connectivity index (χ1) is 13.1. The number of ketones is 1. The molecule has 0 saturated carbocycles. The molecular formula is C17H16F4N4O3. The Morgan fingerprint density at radius 2 is 1.89 bits per heavy atom. The molecule has 6 N–H and O–H groups in total. The SMILES string of the molecule is N/C=C1\C(N)=NC2=C(C(=O)CNC2)C1c1ccccc1F.O=C(O)C(F)(F)F. The Morgan fingerprint density at radius 1 is 1.29 bits per heavy atom. The Labute approximate surface area is 156 Å². The van der Waals surface area contributed by atoms with Crippen molar-refractivity contribution in [1.82, 2.24) is 5.32 Å². The first kappa shape index (κ1) is 21.1. The van der Waals surface area contributed by atoms with Crippen molar-refractivity contribution in [3.63, 3.8) is 0 Å². The standard InChI is InChI=1S/C15H15FN4O.C2HF3O2/c16-10-4-2-1-3-8(10)13-9(5-17)15(18)20-11-6-19-7-12(21)14(11)13;3-2(4,5)1(6)7/h1-5,13,19H,6-7,17H2,(H2,18,20);(H,6,7)/b9-5-;. The Morgan fingerprint density at radius 3 is 2.43 bits per heavy atom. The molecule has 0 aliphatic carbocycles. The van der Waals surface area contributed by atoms with E-state index in [4.69, 9.17) is 21.4 Å². The third-order valence-electron chi connectivity index (χ3n) is 3.98. The minimum absolute atomic E-state index is 0.111. The molecule has 3 rings (SSSR count). The van der Waals surface area contributed by atoms with Crippen LogP contribution in [0.3, 0.4) is 0 Å². The summed E-state index contributed by atoms with van der Waals surface area (Å²) in [6, 6.07) is 6.32. The van der Waals surface area contributed by atoms with Gasteiger partial charge in [0.25, 0.3) is 0 Å². The molecule has 1 aromatic rings. The smallest absolute Gasteiger partial charge is 0.475 e. The molecule has 0 bridgehead atoms. The lowest BCUT2D eigenvalue weighted by atomic mass is 9.78. The van der Waals surface area contributed by atoms with Crippen molar-refractivity contribution in [2.24, 2.45) is 16.5 Å². The van der Waals surface area contributed by atoms with Crippen LogP contribution in [-0.2, 0) is 9.59 Å². The summed E-state index contributed by atoms with van der Waals surface area (Å²) in [6.45, 7) is 0.641. The van der Waals surface area contributed by atoms with Gasteiger partial charge in [-0.05, 0) is 6.07 Å². The number of halogens is 4. The van der Waals surface area contributed by atoms with Crippen LogP contribution in [0, 0.1) is 5.82 Å². The van der Waals surface area contributed by atoms with Crippen molar-refractivity contribution in [2.45, 2.75) is 12.1 Å². The molecule has 1 aromatic carbocycles. The molecule has 0 aromatic heterocycles. The van der Waals surface area contributed by atoms with Crippen LogP contribution in [0.4, 0.5) is 17.6 Å². The van der Waals surface area contributed by atoms with Crippen LogP contribution in [0.5, 0.6) is 0 Å². The predicted molar refractivity (Wildman–Crippen MR) is 91.6 cm³/mol. The number of carboxylic acids is 1. The van der Waals surface area contributed by atoms with Gasteiger partial charge in [0.05, 0.1) is 12.2 Å². The third-order valence-corrected chi connectivity index (χ3v) is 3.98. The number of rotatable bonds is 1. The van der Waals surface area contributed by atoms with E-state index in [1.54, 1.807) is 18.2 Å². The molecule has 11 heteroatoms. The van der Waals surface area contributed by atoms with Gasteiger partial charge >= 0.3 is 12.1 Å². The van der Waals surface area contributed by atoms with E-state index < -0.39 is 23.9 Å². The maximum Gasteiger partial charge on any atom is 0.490 e. The molecule has 2 aliphatic rings. The number of hydrogen-bond acceptors (Lipinski definition) is 6. The number of amidine groups is 1. The van der Waals surface area contributed by atoms with E-state index in [-0.39, 0.29) is 18.2 Å². The van der Waals surface area contributed by atoms with Crippen LogP contribution in [0.2, 0.25) is 0 Å². The van der Waals surface area contributed by atoms with Crippen molar-refractivity contribution in [2.75, 3.05) is 13.1 Å². The van der Waals surface area contributed by atoms with Gasteiger partial charge in [0.1, 0.15) is 11.7 Å². The number of nitrogens with one attached hydrogen (secondary N) is 1. The lowest BCUT2D eigenvalue weighted by molar-refractivity contribution is -0.192. The highest BCUT2D eigenvalue weighted by molar-refractivity contribution is 6.08. The zero-order chi connectivity index (χ0) is 21.1. The van der Waals surface area contributed by atoms with E-state index in [0.29, 0.717) is 29.0 Å². The third kappa shape index (κ3) is 4.36. The summed E-state index contributed by atoms with van der Waals surface area (Å²) in [7, 11) is 0. The number of carbonyl (C=O) groups excluding carboxylic acids is 1. The number of nitrogens with two attached hydrogens (primary N) is 2. The van der Waals surface area contributed by atoms with E-state index >= 15 is 0 Å². The molecule has 0 spiro atoms. The van der Waals surface area contributed by atoms with Gasteiger partial charge in [-0.1, -0.05) is 18.2 Å². The summed E-state index contributed by atoms with van der Waals surface area (Å²) in [5.74, 6) is -3.64. The molecule has 0 saturated heterocycles. The highest BCUT2D eigenvalue weighted by Gasteiger charge is 2.38. The monoisotopic (exact) mass is 400 g/mol. The summed E-state index contributed by atoms with van der Waals surface area (Å²) in [5, 5.41) is 10.1. The van der Waals surface area contributed by atoms with Crippen LogP contribution >= 0.6 is 0 Å².